The smallest absolute Gasteiger partial charge is 0.339 e. The van der Waals surface area contributed by atoms with Crippen LogP contribution in [0, 0.1) is 10.1 Å². The number of carbonyl (C=O) groups excluding carboxylic acids is 2. The van der Waals surface area contributed by atoms with Crippen LogP contribution in [0.5, 0.6) is 0 Å². The first kappa shape index (κ1) is 23.6. The van der Waals surface area contributed by atoms with Crippen molar-refractivity contribution in [2.45, 2.75) is 13.0 Å². The van der Waals surface area contributed by atoms with Crippen molar-refractivity contribution < 1.29 is 19.2 Å². The second-order valence-electron chi connectivity index (χ2n) is 7.13. The Balaban J connectivity index is 1.56. The number of hydrogen-bond donors (Lipinski definition) is 1. The van der Waals surface area contributed by atoms with Crippen molar-refractivity contribution in [1.82, 2.24) is 4.98 Å². The van der Waals surface area contributed by atoms with Gasteiger partial charge in [0.25, 0.3) is 11.6 Å². The predicted molar refractivity (Wildman–Crippen MR) is 132 cm³/mol. The quantitative estimate of drug-likeness (QED) is 0.181. The fourth-order valence-electron chi connectivity index (χ4n) is 3.15. The summed E-state index contributed by atoms with van der Waals surface area (Å²) in [6.45, 7) is 1.41. The van der Waals surface area contributed by atoms with Gasteiger partial charge in [0.1, 0.15) is 0 Å². The lowest BCUT2D eigenvalue weighted by molar-refractivity contribution is -0.384. The third-order valence-corrected chi connectivity index (χ3v) is 6.40. The molecule has 1 amide bonds. The molecule has 0 spiro atoms. The van der Waals surface area contributed by atoms with Gasteiger partial charge in [-0.1, -0.05) is 41.4 Å². The summed E-state index contributed by atoms with van der Waals surface area (Å²) in [5, 5.41) is 13.9. The number of thiophene rings is 1. The Kier molecular flexibility index (Phi) is 6.78. The molecule has 34 heavy (non-hydrogen) atoms. The topological polar surface area (TPSA) is 111 Å². The molecule has 0 fully saturated rings. The molecule has 2 aromatic heterocycles. The zero-order valence-electron chi connectivity index (χ0n) is 17.5. The highest BCUT2D eigenvalue weighted by molar-refractivity contribution is 7.19. The van der Waals surface area contributed by atoms with E-state index in [1.54, 1.807) is 36.4 Å². The van der Waals surface area contributed by atoms with Crippen molar-refractivity contribution in [2.24, 2.45) is 0 Å². The number of pyridine rings is 1. The maximum atomic E-state index is 13.0. The van der Waals surface area contributed by atoms with Gasteiger partial charge in [-0.25, -0.2) is 9.78 Å². The zero-order chi connectivity index (χ0) is 24.4. The fraction of sp³-hybridized carbons (Fsp3) is 0.0870. The fourth-order valence-corrected chi connectivity index (χ4v) is 4.38. The van der Waals surface area contributed by atoms with Crippen molar-refractivity contribution in [1.29, 1.82) is 0 Å². The molecule has 8 nitrogen and oxygen atoms in total. The molecule has 0 radical (unpaired) electrons. The number of hydrogen-bond acceptors (Lipinski definition) is 7. The molecule has 0 aliphatic heterocycles. The van der Waals surface area contributed by atoms with E-state index in [9.17, 15) is 19.7 Å². The van der Waals surface area contributed by atoms with E-state index >= 15 is 0 Å². The van der Waals surface area contributed by atoms with E-state index < -0.39 is 22.9 Å². The second kappa shape index (κ2) is 9.76. The lowest BCUT2D eigenvalue weighted by Crippen LogP contribution is -2.30. The van der Waals surface area contributed by atoms with Crippen molar-refractivity contribution in [3.8, 4) is 10.6 Å². The van der Waals surface area contributed by atoms with Gasteiger partial charge in [-0.3, -0.25) is 14.9 Å². The molecule has 1 N–H and O–H groups in total. The molecule has 0 unspecified atom stereocenters. The van der Waals surface area contributed by atoms with Crippen molar-refractivity contribution in [3.05, 3.63) is 85.7 Å². The minimum Gasteiger partial charge on any atom is -0.449 e. The molecule has 0 aliphatic rings. The molecule has 4 rings (SSSR count). The lowest BCUT2D eigenvalue weighted by Gasteiger charge is -2.15. The zero-order valence-corrected chi connectivity index (χ0v) is 19.8. The Morgan fingerprint density at radius 1 is 1.12 bits per heavy atom. The first-order valence-corrected chi connectivity index (χ1v) is 11.4. The number of nitrogens with one attached hydrogen (secondary N) is 1. The van der Waals surface area contributed by atoms with Crippen LogP contribution < -0.4 is 5.32 Å². The monoisotopic (exact) mass is 515 g/mol. The average molecular weight is 516 g/mol. The van der Waals surface area contributed by atoms with E-state index in [-0.39, 0.29) is 22.0 Å². The highest BCUT2D eigenvalue weighted by Crippen LogP contribution is 2.33. The van der Waals surface area contributed by atoms with Gasteiger partial charge in [-0.2, -0.15) is 0 Å². The Bertz CT molecular complexity index is 1440. The number of para-hydroxylation sites is 1. The summed E-state index contributed by atoms with van der Waals surface area (Å²) >= 11 is 13.4. The summed E-state index contributed by atoms with van der Waals surface area (Å²) in [5.74, 6) is -1.35. The van der Waals surface area contributed by atoms with E-state index in [0.717, 1.165) is 10.9 Å². The van der Waals surface area contributed by atoms with Crippen LogP contribution in [0.4, 0.5) is 11.4 Å². The number of nitro groups is 1. The largest absolute Gasteiger partial charge is 0.449 e. The first-order chi connectivity index (χ1) is 16.2. The van der Waals surface area contributed by atoms with Crippen LogP contribution in [0.25, 0.3) is 21.5 Å². The number of non-ortho nitro benzene ring substituents is 1. The number of fused-ring (bicyclic) bond motifs is 1. The molecule has 2 heterocycles. The summed E-state index contributed by atoms with van der Waals surface area (Å²) in [7, 11) is 0. The predicted octanol–water partition coefficient (Wildman–Crippen LogP) is 6.36. The van der Waals surface area contributed by atoms with Gasteiger partial charge in [0, 0.05) is 17.5 Å². The number of benzene rings is 2. The van der Waals surface area contributed by atoms with E-state index in [2.05, 4.69) is 10.3 Å². The molecule has 1 atom stereocenters. The van der Waals surface area contributed by atoms with Crippen LogP contribution in [-0.4, -0.2) is 27.9 Å². The highest BCUT2D eigenvalue weighted by atomic mass is 35.5. The Morgan fingerprint density at radius 3 is 2.56 bits per heavy atom. The number of anilines is 1. The molecule has 4 aromatic rings. The van der Waals surface area contributed by atoms with E-state index in [1.807, 2.05) is 6.07 Å². The molecule has 0 saturated heterocycles. The number of ether oxygens (including phenoxy) is 1. The van der Waals surface area contributed by atoms with Gasteiger partial charge in [0.05, 0.1) is 41.6 Å². The molecular formula is C23H15Cl2N3O5S. The van der Waals surface area contributed by atoms with Gasteiger partial charge >= 0.3 is 5.97 Å². The lowest BCUT2D eigenvalue weighted by atomic mass is 10.1. The summed E-state index contributed by atoms with van der Waals surface area (Å²) in [4.78, 5) is 41.3. The van der Waals surface area contributed by atoms with Gasteiger partial charge in [0.15, 0.2) is 6.10 Å². The minimum absolute atomic E-state index is 0.0135. The van der Waals surface area contributed by atoms with Gasteiger partial charge < -0.3 is 10.1 Å². The van der Waals surface area contributed by atoms with Crippen LogP contribution in [0.3, 0.4) is 0 Å². The van der Waals surface area contributed by atoms with Crippen molar-refractivity contribution in [3.63, 3.8) is 0 Å². The number of nitrogens with zero attached hydrogens (tertiary/aromatic N) is 2. The molecule has 0 aliphatic carbocycles. The standard InChI is InChI=1S/C23H15Cl2N3O5S/c1-12(22(29)27-18-7-6-13(28(31)32)10-16(18)24)33-23(30)15-11-19(20-8-9-21(25)34-20)26-17-5-3-2-4-14(15)17/h2-12H,1H3,(H,27,29)/t12-/m0/s1. The number of aromatic nitrogens is 1. The number of esters is 1. The van der Waals surface area contributed by atoms with Crippen molar-refractivity contribution in [2.75, 3.05) is 5.32 Å². The average Bonchev–Trinajstić information content (AvgIpc) is 3.25. The number of nitro benzene ring substituents is 1. The maximum absolute atomic E-state index is 13.0. The summed E-state index contributed by atoms with van der Waals surface area (Å²) in [6, 6.07) is 15.9. The van der Waals surface area contributed by atoms with Crippen LogP contribution in [0.15, 0.2) is 60.7 Å². The molecule has 0 bridgehead atoms. The van der Waals surface area contributed by atoms with Crippen LogP contribution >= 0.6 is 34.5 Å². The van der Waals surface area contributed by atoms with Gasteiger partial charge in [0.2, 0.25) is 0 Å². The van der Waals surface area contributed by atoms with Crippen LogP contribution in [0.2, 0.25) is 9.36 Å². The van der Waals surface area contributed by atoms with Crippen LogP contribution in [0.1, 0.15) is 17.3 Å². The third kappa shape index (κ3) is 5.01. The molecule has 0 saturated carbocycles. The number of rotatable bonds is 6. The van der Waals surface area contributed by atoms with E-state index in [1.165, 1.54) is 30.4 Å². The Morgan fingerprint density at radius 2 is 1.88 bits per heavy atom. The number of halogens is 2. The number of amides is 1. The minimum atomic E-state index is -1.18. The van der Waals surface area contributed by atoms with Crippen LogP contribution in [-0.2, 0) is 9.53 Å². The van der Waals surface area contributed by atoms with E-state index in [4.69, 9.17) is 27.9 Å². The normalized spacial score (nSPS) is 11.7. The molecule has 11 heteroatoms. The second-order valence-corrected chi connectivity index (χ2v) is 9.26. The molecular weight excluding hydrogens is 501 g/mol. The summed E-state index contributed by atoms with van der Waals surface area (Å²) < 4.78 is 6.01. The highest BCUT2D eigenvalue weighted by Gasteiger charge is 2.23. The van der Waals surface area contributed by atoms with E-state index in [0.29, 0.717) is 20.9 Å². The molecule has 172 valence electrons. The molecule has 2 aromatic carbocycles. The summed E-state index contributed by atoms with van der Waals surface area (Å²) in [6.07, 6.45) is -1.18. The Hall–Kier alpha value is -3.53. The van der Waals surface area contributed by atoms with Crippen molar-refractivity contribution >= 4 is 68.7 Å². The third-order valence-electron chi connectivity index (χ3n) is 4.84. The SMILES string of the molecule is C[C@H](OC(=O)c1cc(-c2ccc(Cl)s2)nc2ccccc12)C(=O)Nc1ccc([N+](=O)[O-])cc1Cl. The number of carbonyl (C=O) groups is 2. The van der Waals surface area contributed by atoms with Gasteiger partial charge in [-0.05, 0) is 37.3 Å². The Labute approximate surface area is 207 Å². The first-order valence-electron chi connectivity index (χ1n) is 9.84. The summed E-state index contributed by atoms with van der Waals surface area (Å²) in [5.41, 5.74) is 1.34. The maximum Gasteiger partial charge on any atom is 0.339 e. The van der Waals surface area contributed by atoms with Gasteiger partial charge in [-0.15, -0.1) is 11.3 Å².